The predicted molar refractivity (Wildman–Crippen MR) is 124 cm³/mol. The first kappa shape index (κ1) is 22.6. The average molecular weight is 431 g/mol. The highest BCUT2D eigenvalue weighted by atomic mass is 32.2. The van der Waals surface area contributed by atoms with Crippen molar-refractivity contribution < 1.29 is 8.42 Å². The van der Waals surface area contributed by atoms with Gasteiger partial charge in [-0.15, -0.1) is 0 Å². The molecular formula is C23H34N4O2S. The van der Waals surface area contributed by atoms with E-state index >= 15 is 0 Å². The number of hydrogen-bond donors (Lipinski definition) is 1. The van der Waals surface area contributed by atoms with Crippen LogP contribution in [-0.4, -0.2) is 50.0 Å². The molecule has 30 heavy (non-hydrogen) atoms. The smallest absolute Gasteiger partial charge is 0.262 e. The fourth-order valence-electron chi connectivity index (χ4n) is 4.19. The van der Waals surface area contributed by atoms with Gasteiger partial charge in [0, 0.05) is 31.4 Å². The van der Waals surface area contributed by atoms with E-state index in [1.54, 1.807) is 30.5 Å². The molecule has 0 amide bonds. The Morgan fingerprint density at radius 2 is 1.73 bits per heavy atom. The number of nitrogens with zero attached hydrogens (tertiary/aromatic N) is 3. The molecule has 1 aliphatic heterocycles. The van der Waals surface area contributed by atoms with Gasteiger partial charge >= 0.3 is 0 Å². The fourth-order valence-corrected chi connectivity index (χ4v) is 5.25. The standard InChI is InChI=1S/C23H34N4O2S/c1-6-14-27-18(4)15-26(16-19(27)5)23-22(8-7-13-24-23)25-30(28,29)21-11-9-20(10-12-21)17(2)3/h7-13,17-19,25H,6,14-16H2,1-5H3. The zero-order chi connectivity index (χ0) is 21.9. The molecule has 1 aromatic carbocycles. The van der Waals surface area contributed by atoms with Crippen LogP contribution < -0.4 is 9.62 Å². The van der Waals surface area contributed by atoms with Crippen LogP contribution in [-0.2, 0) is 10.0 Å². The fraction of sp³-hybridized carbons (Fsp3) is 0.522. The van der Waals surface area contributed by atoms with Crippen LogP contribution in [0.3, 0.4) is 0 Å². The highest BCUT2D eigenvalue weighted by molar-refractivity contribution is 7.92. The van der Waals surface area contributed by atoms with Gasteiger partial charge in [0.25, 0.3) is 10.0 Å². The Hall–Kier alpha value is -2.12. The van der Waals surface area contributed by atoms with Gasteiger partial charge in [-0.3, -0.25) is 9.62 Å². The summed E-state index contributed by atoms with van der Waals surface area (Å²) in [5.74, 6) is 1.05. The van der Waals surface area contributed by atoms with E-state index in [0.717, 1.165) is 31.6 Å². The van der Waals surface area contributed by atoms with E-state index in [1.807, 2.05) is 12.1 Å². The molecular weight excluding hydrogens is 396 g/mol. The van der Waals surface area contributed by atoms with Crippen LogP contribution in [0, 0.1) is 0 Å². The second-order valence-corrected chi connectivity index (χ2v) is 10.2. The van der Waals surface area contributed by atoms with Crippen molar-refractivity contribution in [1.82, 2.24) is 9.88 Å². The Bertz CT molecular complexity index is 932. The number of hydrogen-bond acceptors (Lipinski definition) is 5. The second-order valence-electron chi connectivity index (χ2n) is 8.54. The van der Waals surface area contributed by atoms with Gasteiger partial charge < -0.3 is 4.90 Å². The lowest BCUT2D eigenvalue weighted by Gasteiger charge is -2.45. The van der Waals surface area contributed by atoms with E-state index in [0.29, 0.717) is 29.5 Å². The quantitative estimate of drug-likeness (QED) is 0.709. The molecule has 0 spiro atoms. The lowest BCUT2D eigenvalue weighted by atomic mass is 10.0. The lowest BCUT2D eigenvalue weighted by Crippen LogP contribution is -2.57. The summed E-state index contributed by atoms with van der Waals surface area (Å²) < 4.78 is 28.8. The Balaban J connectivity index is 1.83. The van der Waals surface area contributed by atoms with Gasteiger partial charge in [-0.1, -0.05) is 32.9 Å². The van der Waals surface area contributed by atoms with Crippen LogP contribution in [0.5, 0.6) is 0 Å². The Kier molecular flexibility index (Phi) is 7.03. The summed E-state index contributed by atoms with van der Waals surface area (Å²) in [6.07, 6.45) is 2.84. The van der Waals surface area contributed by atoms with Gasteiger partial charge in [0.1, 0.15) is 0 Å². The largest absolute Gasteiger partial charge is 0.352 e. The van der Waals surface area contributed by atoms with Crippen molar-refractivity contribution in [3.05, 3.63) is 48.2 Å². The number of nitrogens with one attached hydrogen (secondary N) is 1. The summed E-state index contributed by atoms with van der Waals surface area (Å²) >= 11 is 0. The average Bonchev–Trinajstić information content (AvgIpc) is 2.71. The summed E-state index contributed by atoms with van der Waals surface area (Å²) in [4.78, 5) is 9.51. The summed E-state index contributed by atoms with van der Waals surface area (Å²) in [5.41, 5.74) is 1.64. The summed E-state index contributed by atoms with van der Waals surface area (Å²) in [7, 11) is -3.69. The third kappa shape index (κ3) is 4.95. The number of rotatable bonds is 7. The number of pyridine rings is 1. The molecule has 2 aromatic rings. The molecule has 0 aliphatic carbocycles. The van der Waals surface area contributed by atoms with Crippen LogP contribution in [0.25, 0.3) is 0 Å². The molecule has 164 valence electrons. The summed E-state index contributed by atoms with van der Waals surface area (Å²) in [6.45, 7) is 13.5. The third-order valence-electron chi connectivity index (χ3n) is 5.77. The number of anilines is 2. The topological polar surface area (TPSA) is 65.5 Å². The Morgan fingerprint density at radius 1 is 1.10 bits per heavy atom. The van der Waals surface area contributed by atoms with E-state index in [-0.39, 0.29) is 4.90 Å². The number of benzene rings is 1. The minimum absolute atomic E-state index is 0.260. The highest BCUT2D eigenvalue weighted by Crippen LogP contribution is 2.29. The molecule has 2 unspecified atom stereocenters. The van der Waals surface area contributed by atoms with Crippen LogP contribution in [0.15, 0.2) is 47.5 Å². The maximum absolute atomic E-state index is 13.0. The van der Waals surface area contributed by atoms with E-state index in [9.17, 15) is 8.42 Å². The molecule has 3 rings (SSSR count). The van der Waals surface area contributed by atoms with Gasteiger partial charge in [-0.05, 0) is 62.6 Å². The SMILES string of the molecule is CCCN1C(C)CN(c2ncccc2NS(=O)(=O)c2ccc(C(C)C)cc2)CC1C. The van der Waals surface area contributed by atoms with Crippen molar-refractivity contribution >= 4 is 21.5 Å². The van der Waals surface area contributed by atoms with Crippen LogP contribution in [0.1, 0.15) is 52.5 Å². The van der Waals surface area contributed by atoms with Crippen LogP contribution in [0.4, 0.5) is 11.5 Å². The molecule has 2 heterocycles. The Morgan fingerprint density at radius 3 is 2.30 bits per heavy atom. The number of sulfonamides is 1. The van der Waals surface area contributed by atoms with Crippen molar-refractivity contribution in [2.45, 2.75) is 63.9 Å². The van der Waals surface area contributed by atoms with E-state index in [2.05, 4.69) is 54.1 Å². The van der Waals surface area contributed by atoms with Gasteiger partial charge in [0.2, 0.25) is 0 Å². The molecule has 6 nitrogen and oxygen atoms in total. The first-order chi connectivity index (χ1) is 14.2. The molecule has 0 radical (unpaired) electrons. The molecule has 2 atom stereocenters. The zero-order valence-electron chi connectivity index (χ0n) is 18.7. The summed E-state index contributed by atoms with van der Waals surface area (Å²) in [6, 6.07) is 11.4. The molecule has 7 heteroatoms. The maximum Gasteiger partial charge on any atom is 0.262 e. The van der Waals surface area contributed by atoms with Gasteiger partial charge in [0.05, 0.1) is 10.6 Å². The van der Waals surface area contributed by atoms with Crippen molar-refractivity contribution in [1.29, 1.82) is 0 Å². The third-order valence-corrected chi connectivity index (χ3v) is 7.15. The monoisotopic (exact) mass is 430 g/mol. The number of piperazine rings is 1. The highest BCUT2D eigenvalue weighted by Gasteiger charge is 2.31. The van der Waals surface area contributed by atoms with Gasteiger partial charge in [-0.2, -0.15) is 0 Å². The van der Waals surface area contributed by atoms with Crippen molar-refractivity contribution in [2.75, 3.05) is 29.3 Å². The van der Waals surface area contributed by atoms with Crippen LogP contribution >= 0.6 is 0 Å². The van der Waals surface area contributed by atoms with Crippen molar-refractivity contribution in [3.63, 3.8) is 0 Å². The molecule has 1 aromatic heterocycles. The lowest BCUT2D eigenvalue weighted by molar-refractivity contribution is 0.132. The molecule has 0 bridgehead atoms. The zero-order valence-corrected chi connectivity index (χ0v) is 19.5. The minimum Gasteiger partial charge on any atom is -0.352 e. The van der Waals surface area contributed by atoms with Crippen molar-refractivity contribution in [2.24, 2.45) is 0 Å². The van der Waals surface area contributed by atoms with Crippen LogP contribution in [0.2, 0.25) is 0 Å². The first-order valence-corrected chi connectivity index (χ1v) is 12.3. The normalized spacial score (nSPS) is 20.5. The van der Waals surface area contributed by atoms with E-state index in [1.165, 1.54) is 0 Å². The number of aromatic nitrogens is 1. The van der Waals surface area contributed by atoms with Crippen molar-refractivity contribution in [3.8, 4) is 0 Å². The van der Waals surface area contributed by atoms with E-state index in [4.69, 9.17) is 0 Å². The second kappa shape index (κ2) is 9.35. The Labute approximate surface area is 181 Å². The first-order valence-electron chi connectivity index (χ1n) is 10.8. The molecule has 1 fully saturated rings. The van der Waals surface area contributed by atoms with Gasteiger partial charge in [-0.25, -0.2) is 13.4 Å². The predicted octanol–water partition coefficient (Wildman–Crippen LogP) is 4.31. The van der Waals surface area contributed by atoms with Gasteiger partial charge in [0.15, 0.2) is 5.82 Å². The van der Waals surface area contributed by atoms with E-state index < -0.39 is 10.0 Å². The molecule has 1 saturated heterocycles. The summed E-state index contributed by atoms with van der Waals surface area (Å²) in [5, 5.41) is 0. The molecule has 1 N–H and O–H groups in total. The molecule has 0 saturated carbocycles. The molecule has 1 aliphatic rings. The minimum atomic E-state index is -3.69. The maximum atomic E-state index is 13.0.